The van der Waals surface area contributed by atoms with Crippen LogP contribution in [0.25, 0.3) is 0 Å². The zero-order valence-corrected chi connectivity index (χ0v) is 9.61. The van der Waals surface area contributed by atoms with Crippen LogP contribution in [0.2, 0.25) is 0 Å². The third-order valence-electron chi connectivity index (χ3n) is 3.05. The lowest BCUT2D eigenvalue weighted by Crippen LogP contribution is -2.33. The molecule has 2 rings (SSSR count). The molecule has 0 aliphatic carbocycles. The van der Waals surface area contributed by atoms with Gasteiger partial charge in [-0.2, -0.15) is 0 Å². The smallest absolute Gasteiger partial charge is 0.230 e. The second-order valence-electron chi connectivity index (χ2n) is 4.33. The summed E-state index contributed by atoms with van der Waals surface area (Å²) in [7, 11) is 0. The van der Waals surface area contributed by atoms with E-state index in [2.05, 4.69) is 5.32 Å². The van der Waals surface area contributed by atoms with Gasteiger partial charge in [0.2, 0.25) is 5.91 Å². The van der Waals surface area contributed by atoms with Crippen molar-refractivity contribution in [1.29, 1.82) is 0 Å². The third kappa shape index (κ3) is 2.64. The molecule has 1 heterocycles. The molecule has 1 aliphatic heterocycles. The fraction of sp³-hybridized carbons (Fsp3) is 0.385. The van der Waals surface area contributed by atoms with Gasteiger partial charge in [-0.25, -0.2) is 0 Å². The molecule has 90 valence electrons. The van der Waals surface area contributed by atoms with E-state index >= 15 is 0 Å². The Morgan fingerprint density at radius 2 is 1.94 bits per heavy atom. The van der Waals surface area contributed by atoms with Gasteiger partial charge < -0.3 is 11.1 Å². The van der Waals surface area contributed by atoms with Gasteiger partial charge in [-0.3, -0.25) is 9.59 Å². The van der Waals surface area contributed by atoms with E-state index in [9.17, 15) is 9.59 Å². The maximum Gasteiger partial charge on any atom is 0.230 e. The summed E-state index contributed by atoms with van der Waals surface area (Å²) >= 11 is 0. The summed E-state index contributed by atoms with van der Waals surface area (Å²) in [5, 5.41) is 2.77. The summed E-state index contributed by atoms with van der Waals surface area (Å²) in [5.41, 5.74) is 6.74. The number of Topliss-reactive ketones (excluding diaryl/α,β-unsaturated/α-hetero) is 1. The van der Waals surface area contributed by atoms with E-state index in [1.165, 1.54) is 0 Å². The molecule has 1 aromatic rings. The zero-order valence-electron chi connectivity index (χ0n) is 9.61. The first-order chi connectivity index (χ1) is 8.18. The van der Waals surface area contributed by atoms with Gasteiger partial charge in [0, 0.05) is 17.8 Å². The summed E-state index contributed by atoms with van der Waals surface area (Å²) in [6, 6.07) is 6.72. The van der Waals surface area contributed by atoms with Gasteiger partial charge in [-0.15, -0.1) is 0 Å². The maximum atomic E-state index is 12.2. The van der Waals surface area contributed by atoms with Crippen LogP contribution >= 0.6 is 0 Å². The van der Waals surface area contributed by atoms with E-state index in [0.29, 0.717) is 24.2 Å². The summed E-state index contributed by atoms with van der Waals surface area (Å²) in [6.45, 7) is 0.671. The molecule has 1 saturated heterocycles. The van der Waals surface area contributed by atoms with E-state index in [0.717, 1.165) is 12.8 Å². The summed E-state index contributed by atoms with van der Waals surface area (Å²) < 4.78 is 0. The van der Waals surface area contributed by atoms with E-state index < -0.39 is 5.92 Å². The molecule has 4 heteroatoms. The summed E-state index contributed by atoms with van der Waals surface area (Å²) in [4.78, 5) is 23.9. The summed E-state index contributed by atoms with van der Waals surface area (Å²) in [6.07, 6.45) is 2.48. The Morgan fingerprint density at radius 3 is 2.65 bits per heavy atom. The highest BCUT2D eigenvalue weighted by Crippen LogP contribution is 2.18. The minimum absolute atomic E-state index is 0.107. The van der Waals surface area contributed by atoms with Gasteiger partial charge >= 0.3 is 0 Å². The summed E-state index contributed by atoms with van der Waals surface area (Å²) in [5.74, 6) is -0.796. The van der Waals surface area contributed by atoms with Crippen molar-refractivity contribution in [1.82, 2.24) is 5.32 Å². The Balaban J connectivity index is 2.18. The Hall–Kier alpha value is -1.84. The maximum absolute atomic E-state index is 12.2. The number of benzene rings is 1. The molecule has 0 radical (unpaired) electrons. The van der Waals surface area contributed by atoms with Crippen LogP contribution in [0.4, 0.5) is 5.69 Å². The van der Waals surface area contributed by atoms with Gasteiger partial charge in [-0.05, 0) is 37.1 Å². The van der Waals surface area contributed by atoms with Crippen molar-refractivity contribution < 1.29 is 9.59 Å². The Labute approximate surface area is 100 Å². The highest BCUT2D eigenvalue weighted by molar-refractivity contribution is 6.10. The molecule has 0 aromatic heterocycles. The lowest BCUT2D eigenvalue weighted by molar-refractivity contribution is -0.123. The number of nitrogens with two attached hydrogens (primary N) is 1. The lowest BCUT2D eigenvalue weighted by atomic mass is 9.93. The molecule has 1 aromatic carbocycles. The number of ketones is 1. The molecule has 1 atom stereocenters. The van der Waals surface area contributed by atoms with E-state index in [1.54, 1.807) is 24.3 Å². The van der Waals surface area contributed by atoms with Crippen LogP contribution in [0.1, 0.15) is 29.6 Å². The molecule has 4 nitrogen and oxygen atoms in total. The molecule has 0 bridgehead atoms. The number of nitrogen functional groups attached to an aromatic ring is 1. The molecular formula is C13H16N2O2. The van der Waals surface area contributed by atoms with Crippen molar-refractivity contribution in [2.24, 2.45) is 5.92 Å². The van der Waals surface area contributed by atoms with Gasteiger partial charge in [0.25, 0.3) is 0 Å². The number of hydrogen-bond donors (Lipinski definition) is 2. The predicted octanol–water partition coefficient (Wildman–Crippen LogP) is 1.37. The van der Waals surface area contributed by atoms with E-state index in [1.807, 2.05) is 0 Å². The van der Waals surface area contributed by atoms with Gasteiger partial charge in [0.15, 0.2) is 5.78 Å². The Kier molecular flexibility index (Phi) is 3.42. The lowest BCUT2D eigenvalue weighted by Gasteiger charge is -2.11. The fourth-order valence-electron chi connectivity index (χ4n) is 2.04. The molecule has 3 N–H and O–H groups in total. The first kappa shape index (κ1) is 11.6. The number of rotatable bonds is 2. The van der Waals surface area contributed by atoms with Crippen molar-refractivity contribution >= 4 is 17.4 Å². The van der Waals surface area contributed by atoms with Crippen LogP contribution in [-0.4, -0.2) is 18.2 Å². The second kappa shape index (κ2) is 4.99. The van der Waals surface area contributed by atoms with Crippen molar-refractivity contribution in [3.05, 3.63) is 29.8 Å². The molecule has 1 unspecified atom stereocenters. The molecule has 17 heavy (non-hydrogen) atoms. The first-order valence-corrected chi connectivity index (χ1v) is 5.86. The Bertz CT molecular complexity index is 426. The van der Waals surface area contributed by atoms with E-state index in [-0.39, 0.29) is 11.7 Å². The standard InChI is InChI=1S/C13H16N2O2/c14-10-6-4-9(5-7-10)12(16)11-3-1-2-8-15-13(11)17/h4-7,11H,1-3,8,14H2,(H,15,17). The van der Waals surface area contributed by atoms with Crippen LogP contribution in [0.15, 0.2) is 24.3 Å². The Morgan fingerprint density at radius 1 is 1.24 bits per heavy atom. The minimum atomic E-state index is -0.541. The number of anilines is 1. The number of amides is 1. The molecule has 0 spiro atoms. The highest BCUT2D eigenvalue weighted by atomic mass is 16.2. The van der Waals surface area contributed by atoms with Gasteiger partial charge in [0.05, 0.1) is 0 Å². The van der Waals surface area contributed by atoms with Crippen molar-refractivity contribution in [3.8, 4) is 0 Å². The number of carbonyl (C=O) groups excluding carboxylic acids is 2. The monoisotopic (exact) mass is 232 g/mol. The highest BCUT2D eigenvalue weighted by Gasteiger charge is 2.28. The first-order valence-electron chi connectivity index (χ1n) is 5.86. The van der Waals surface area contributed by atoms with Gasteiger partial charge in [-0.1, -0.05) is 6.42 Å². The molecule has 0 saturated carbocycles. The van der Waals surface area contributed by atoms with Crippen LogP contribution in [0, 0.1) is 5.92 Å². The quantitative estimate of drug-likeness (QED) is 0.459. The molecule has 1 amide bonds. The molecule has 1 aliphatic rings. The fourth-order valence-corrected chi connectivity index (χ4v) is 2.04. The van der Waals surface area contributed by atoms with Gasteiger partial charge in [0.1, 0.15) is 5.92 Å². The topological polar surface area (TPSA) is 72.2 Å². The minimum Gasteiger partial charge on any atom is -0.399 e. The van der Waals surface area contributed by atoms with Crippen molar-refractivity contribution in [2.45, 2.75) is 19.3 Å². The normalized spacial score (nSPS) is 20.5. The van der Waals surface area contributed by atoms with Crippen LogP contribution in [0.3, 0.4) is 0 Å². The van der Waals surface area contributed by atoms with Crippen LogP contribution in [0.5, 0.6) is 0 Å². The number of carbonyl (C=O) groups is 2. The van der Waals surface area contributed by atoms with Crippen molar-refractivity contribution in [3.63, 3.8) is 0 Å². The van der Waals surface area contributed by atoms with Crippen LogP contribution < -0.4 is 11.1 Å². The van der Waals surface area contributed by atoms with E-state index in [4.69, 9.17) is 5.73 Å². The van der Waals surface area contributed by atoms with Crippen LogP contribution in [-0.2, 0) is 4.79 Å². The third-order valence-corrected chi connectivity index (χ3v) is 3.05. The number of hydrogen-bond acceptors (Lipinski definition) is 3. The second-order valence-corrected chi connectivity index (χ2v) is 4.33. The average Bonchev–Trinajstić information content (AvgIpc) is 2.54. The van der Waals surface area contributed by atoms with Crippen molar-refractivity contribution in [2.75, 3.05) is 12.3 Å². The molecular weight excluding hydrogens is 216 g/mol. The zero-order chi connectivity index (χ0) is 12.3. The average molecular weight is 232 g/mol. The SMILES string of the molecule is Nc1ccc(C(=O)C2CCCCNC2=O)cc1. The largest absolute Gasteiger partial charge is 0.399 e. The number of nitrogens with one attached hydrogen (secondary N) is 1. The molecule has 1 fully saturated rings. The predicted molar refractivity (Wildman–Crippen MR) is 65.5 cm³/mol.